The smallest absolute Gasteiger partial charge is 0.307 e. The lowest BCUT2D eigenvalue weighted by Gasteiger charge is -2.21. The molecule has 0 spiro atoms. The number of aliphatic hydroxyl groups is 1. The van der Waals surface area contributed by atoms with Crippen molar-refractivity contribution in [3.63, 3.8) is 0 Å². The van der Waals surface area contributed by atoms with Crippen LogP contribution in [0.4, 0.5) is 0 Å². The molecule has 114 valence electrons. The van der Waals surface area contributed by atoms with Crippen LogP contribution in [0, 0.1) is 0 Å². The number of carbonyl (C=O) groups is 1. The van der Waals surface area contributed by atoms with Crippen LogP contribution in [0.15, 0.2) is 0 Å². The number of aliphatic hydroxyl groups excluding tert-OH is 1. The van der Waals surface area contributed by atoms with E-state index in [0.717, 1.165) is 0 Å². The zero-order chi connectivity index (χ0) is 14.7. The molecule has 19 heavy (non-hydrogen) atoms. The number of likely N-dealkylation sites (N-methyl/N-ethyl adjacent to an activating group) is 1. The Balaban J connectivity index is 3.68. The van der Waals surface area contributed by atoms with E-state index < -0.39 is 6.10 Å². The number of nitrogens with zero attached hydrogens (tertiary/aromatic N) is 1. The Labute approximate surface area is 115 Å². The third-order valence-electron chi connectivity index (χ3n) is 2.50. The van der Waals surface area contributed by atoms with Crippen LogP contribution in [-0.4, -0.2) is 75.3 Å². The Hall–Kier alpha value is -0.690. The molecular formula is C13H27NO5. The van der Waals surface area contributed by atoms with Crippen molar-refractivity contribution in [1.29, 1.82) is 0 Å². The molecule has 0 fully saturated rings. The van der Waals surface area contributed by atoms with E-state index in [2.05, 4.69) is 0 Å². The highest BCUT2D eigenvalue weighted by atomic mass is 16.5. The Kier molecular flexibility index (Phi) is 10.8. The topological polar surface area (TPSA) is 68.2 Å². The van der Waals surface area contributed by atoms with Crippen LogP contribution in [-0.2, 0) is 19.0 Å². The second-order valence-corrected chi connectivity index (χ2v) is 4.57. The highest BCUT2D eigenvalue weighted by molar-refractivity contribution is 5.69. The molecule has 0 bridgehead atoms. The first kappa shape index (κ1) is 18.3. The molecule has 0 aliphatic heterocycles. The molecular weight excluding hydrogens is 250 g/mol. The molecule has 6 nitrogen and oxygen atoms in total. The monoisotopic (exact) mass is 277 g/mol. The third-order valence-corrected chi connectivity index (χ3v) is 2.50. The van der Waals surface area contributed by atoms with Gasteiger partial charge in [-0.2, -0.15) is 0 Å². The molecule has 0 aromatic heterocycles. The van der Waals surface area contributed by atoms with Gasteiger partial charge >= 0.3 is 5.97 Å². The van der Waals surface area contributed by atoms with Gasteiger partial charge in [-0.15, -0.1) is 0 Å². The van der Waals surface area contributed by atoms with Crippen molar-refractivity contribution >= 4 is 5.97 Å². The second kappa shape index (κ2) is 11.2. The van der Waals surface area contributed by atoms with Crippen molar-refractivity contribution in [2.45, 2.75) is 32.5 Å². The van der Waals surface area contributed by atoms with Crippen LogP contribution in [0.3, 0.4) is 0 Å². The normalized spacial score (nSPS) is 14.4. The van der Waals surface area contributed by atoms with Crippen molar-refractivity contribution in [2.75, 3.05) is 47.1 Å². The fourth-order valence-corrected chi connectivity index (χ4v) is 1.58. The molecule has 0 aromatic carbocycles. The van der Waals surface area contributed by atoms with Gasteiger partial charge in [-0.05, 0) is 20.9 Å². The maximum atomic E-state index is 11.2. The van der Waals surface area contributed by atoms with Gasteiger partial charge < -0.3 is 24.2 Å². The van der Waals surface area contributed by atoms with Crippen LogP contribution in [0.1, 0.15) is 20.3 Å². The van der Waals surface area contributed by atoms with Crippen molar-refractivity contribution in [3.05, 3.63) is 0 Å². The van der Waals surface area contributed by atoms with E-state index in [1.807, 2.05) is 18.9 Å². The number of hydrogen-bond donors (Lipinski definition) is 1. The van der Waals surface area contributed by atoms with E-state index in [0.29, 0.717) is 32.7 Å². The zero-order valence-corrected chi connectivity index (χ0v) is 12.4. The van der Waals surface area contributed by atoms with Crippen molar-refractivity contribution < 1.29 is 24.1 Å². The molecule has 0 amide bonds. The molecule has 0 saturated heterocycles. The Bertz CT molecular complexity index is 237. The number of methoxy groups -OCH3 is 1. The Morgan fingerprint density at radius 1 is 1.37 bits per heavy atom. The largest absolute Gasteiger partial charge is 0.466 e. The molecule has 2 atom stereocenters. The van der Waals surface area contributed by atoms with Gasteiger partial charge in [0.25, 0.3) is 0 Å². The number of carbonyl (C=O) groups excluding carboxylic acids is 1. The molecule has 0 aliphatic rings. The SMILES string of the molecule is CCOC(=O)CCN(C)CC(O)COC(C)COC. The van der Waals surface area contributed by atoms with E-state index in [9.17, 15) is 9.90 Å². The average Bonchev–Trinajstić information content (AvgIpc) is 2.35. The van der Waals surface area contributed by atoms with Crippen molar-refractivity contribution in [3.8, 4) is 0 Å². The van der Waals surface area contributed by atoms with Crippen molar-refractivity contribution in [1.82, 2.24) is 4.90 Å². The van der Waals surface area contributed by atoms with Gasteiger partial charge in [0.15, 0.2) is 0 Å². The van der Waals surface area contributed by atoms with E-state index in [1.165, 1.54) is 0 Å². The summed E-state index contributed by atoms with van der Waals surface area (Å²) < 4.78 is 15.2. The first-order chi connectivity index (χ1) is 8.99. The van der Waals surface area contributed by atoms with Gasteiger partial charge in [0.05, 0.1) is 38.4 Å². The third kappa shape index (κ3) is 10.9. The summed E-state index contributed by atoms with van der Waals surface area (Å²) >= 11 is 0. The van der Waals surface area contributed by atoms with E-state index in [-0.39, 0.29) is 18.7 Å². The van der Waals surface area contributed by atoms with Gasteiger partial charge in [-0.1, -0.05) is 0 Å². The first-order valence-electron chi connectivity index (χ1n) is 6.62. The number of rotatable bonds is 11. The molecule has 0 rings (SSSR count). The summed E-state index contributed by atoms with van der Waals surface area (Å²) in [4.78, 5) is 13.1. The molecule has 0 radical (unpaired) electrons. The van der Waals surface area contributed by atoms with Gasteiger partial charge in [0.1, 0.15) is 0 Å². The van der Waals surface area contributed by atoms with Gasteiger partial charge in [0.2, 0.25) is 0 Å². The fourth-order valence-electron chi connectivity index (χ4n) is 1.58. The zero-order valence-electron chi connectivity index (χ0n) is 12.4. The highest BCUT2D eigenvalue weighted by Crippen LogP contribution is 1.98. The number of hydrogen-bond acceptors (Lipinski definition) is 6. The van der Waals surface area contributed by atoms with Crippen molar-refractivity contribution in [2.24, 2.45) is 0 Å². The molecule has 6 heteroatoms. The lowest BCUT2D eigenvalue weighted by molar-refractivity contribution is -0.143. The van der Waals surface area contributed by atoms with Gasteiger partial charge in [-0.3, -0.25) is 4.79 Å². The fraction of sp³-hybridized carbons (Fsp3) is 0.923. The highest BCUT2D eigenvalue weighted by Gasteiger charge is 2.12. The molecule has 0 aromatic rings. The average molecular weight is 277 g/mol. The summed E-state index contributed by atoms with van der Waals surface area (Å²) in [7, 11) is 3.46. The molecule has 1 N–H and O–H groups in total. The molecule has 0 saturated carbocycles. The minimum Gasteiger partial charge on any atom is -0.466 e. The summed E-state index contributed by atoms with van der Waals surface area (Å²) in [6.45, 7) is 5.85. The van der Waals surface area contributed by atoms with Crippen LogP contribution in [0.5, 0.6) is 0 Å². The summed E-state index contributed by atoms with van der Waals surface area (Å²) in [6, 6.07) is 0. The summed E-state index contributed by atoms with van der Waals surface area (Å²) in [5.74, 6) is -0.214. The Morgan fingerprint density at radius 2 is 2.05 bits per heavy atom. The summed E-state index contributed by atoms with van der Waals surface area (Å²) in [6.07, 6.45) is -0.283. The summed E-state index contributed by atoms with van der Waals surface area (Å²) in [5.41, 5.74) is 0. The minimum atomic E-state index is -0.577. The predicted octanol–water partition coefficient (Wildman–Crippen LogP) is 0.284. The first-order valence-corrected chi connectivity index (χ1v) is 6.62. The predicted molar refractivity (Wildman–Crippen MR) is 72.0 cm³/mol. The van der Waals surface area contributed by atoms with Gasteiger partial charge in [0, 0.05) is 20.2 Å². The number of esters is 1. The lowest BCUT2D eigenvalue weighted by atomic mass is 10.3. The summed E-state index contributed by atoms with van der Waals surface area (Å²) in [5, 5.41) is 9.78. The molecule has 0 aliphatic carbocycles. The second-order valence-electron chi connectivity index (χ2n) is 4.57. The van der Waals surface area contributed by atoms with Crippen LogP contribution in [0.2, 0.25) is 0 Å². The van der Waals surface area contributed by atoms with E-state index in [1.54, 1.807) is 14.0 Å². The maximum absolute atomic E-state index is 11.2. The van der Waals surface area contributed by atoms with E-state index >= 15 is 0 Å². The lowest BCUT2D eigenvalue weighted by Crippen LogP contribution is -2.35. The molecule has 2 unspecified atom stereocenters. The maximum Gasteiger partial charge on any atom is 0.307 e. The van der Waals surface area contributed by atoms with Gasteiger partial charge in [-0.25, -0.2) is 0 Å². The standard InChI is InChI=1S/C13H27NO5/c1-5-18-13(16)6-7-14(3)8-12(15)10-19-11(2)9-17-4/h11-12,15H,5-10H2,1-4H3. The number of ether oxygens (including phenoxy) is 3. The Morgan fingerprint density at radius 3 is 2.63 bits per heavy atom. The molecule has 0 heterocycles. The van der Waals surface area contributed by atoms with Crippen LogP contribution >= 0.6 is 0 Å². The quantitative estimate of drug-likeness (QED) is 0.547. The van der Waals surface area contributed by atoms with E-state index in [4.69, 9.17) is 14.2 Å². The van der Waals surface area contributed by atoms with Crippen LogP contribution < -0.4 is 0 Å². The minimum absolute atomic E-state index is 0.0375. The van der Waals surface area contributed by atoms with Crippen LogP contribution in [0.25, 0.3) is 0 Å².